The molecule has 2 saturated carbocycles. The van der Waals surface area contributed by atoms with Gasteiger partial charge in [-0.05, 0) is 81.8 Å². The van der Waals surface area contributed by atoms with Crippen molar-refractivity contribution in [3.63, 3.8) is 0 Å². The van der Waals surface area contributed by atoms with Gasteiger partial charge in [-0.2, -0.15) is 13.2 Å². The average Bonchev–Trinajstić information content (AvgIpc) is 3.91. The van der Waals surface area contributed by atoms with Crippen LogP contribution in [0.5, 0.6) is 5.19 Å². The Hall–Kier alpha value is -3.89. The topological polar surface area (TPSA) is 147 Å². The van der Waals surface area contributed by atoms with Crippen molar-refractivity contribution in [3.8, 4) is 5.19 Å². The van der Waals surface area contributed by atoms with Crippen molar-refractivity contribution in [3.05, 3.63) is 65.2 Å². The summed E-state index contributed by atoms with van der Waals surface area (Å²) in [5.41, 5.74) is -1.68. The number of aromatic nitrogens is 1. The number of ether oxygens (including phenoxy) is 1. The van der Waals surface area contributed by atoms with Crippen molar-refractivity contribution >= 4 is 66.6 Å². The number of benzene rings is 2. The van der Waals surface area contributed by atoms with Crippen LogP contribution >= 0.6 is 22.9 Å². The first-order valence-electron chi connectivity index (χ1n) is 17.6. The predicted octanol–water partition coefficient (Wildman–Crippen LogP) is 6.19. The van der Waals surface area contributed by atoms with E-state index in [1.165, 1.54) is 28.4 Å². The molecular weight excluding hydrogens is 755 g/mol. The van der Waals surface area contributed by atoms with Crippen LogP contribution in [0.25, 0.3) is 10.2 Å². The molecule has 0 spiro atoms. The maximum atomic E-state index is 14.5. The number of nitrogens with one attached hydrogen (secondary N) is 3. The van der Waals surface area contributed by atoms with Crippen LogP contribution in [0.15, 0.2) is 54.6 Å². The van der Waals surface area contributed by atoms with E-state index in [0.717, 1.165) is 23.3 Å². The molecule has 0 bridgehead atoms. The van der Waals surface area contributed by atoms with E-state index in [4.69, 9.17) is 16.3 Å². The van der Waals surface area contributed by atoms with Gasteiger partial charge in [-0.1, -0.05) is 54.0 Å². The van der Waals surface area contributed by atoms with Crippen molar-refractivity contribution in [2.24, 2.45) is 5.92 Å². The molecule has 2 aromatic carbocycles. The summed E-state index contributed by atoms with van der Waals surface area (Å²) in [6.45, 7) is 1.51. The molecule has 0 unspecified atom stereocenters. The number of allylic oxidation sites excluding steroid dienone is 1. The van der Waals surface area contributed by atoms with Crippen LogP contribution in [0.1, 0.15) is 70.3 Å². The first kappa shape index (κ1) is 37.4. The third kappa shape index (κ3) is 7.86. The van der Waals surface area contributed by atoms with Gasteiger partial charge in [0.2, 0.25) is 21.8 Å². The third-order valence-corrected chi connectivity index (χ3v) is 13.9. The van der Waals surface area contributed by atoms with Gasteiger partial charge in [0.05, 0.1) is 27.1 Å². The lowest BCUT2D eigenvalue weighted by molar-refractivity contribution is -0.140. The first-order chi connectivity index (χ1) is 25.1. The molecule has 2 aliphatic carbocycles. The number of alkyl halides is 3. The van der Waals surface area contributed by atoms with Crippen LogP contribution in [-0.2, 0) is 30.6 Å². The summed E-state index contributed by atoms with van der Waals surface area (Å²) in [4.78, 5) is 48.4. The summed E-state index contributed by atoms with van der Waals surface area (Å²) < 4.78 is 75.1. The molecule has 3 N–H and O–H groups in total. The summed E-state index contributed by atoms with van der Waals surface area (Å²) in [7, 11) is -4.02. The van der Waals surface area contributed by atoms with E-state index in [2.05, 4.69) is 20.3 Å². The van der Waals surface area contributed by atoms with Gasteiger partial charge in [0, 0.05) is 23.0 Å². The molecule has 3 amide bonds. The number of sulfonamides is 1. The highest BCUT2D eigenvalue weighted by atomic mass is 35.5. The maximum absolute atomic E-state index is 14.5. The molecule has 53 heavy (non-hydrogen) atoms. The fourth-order valence-corrected chi connectivity index (χ4v) is 9.47. The highest BCUT2D eigenvalue weighted by molar-refractivity contribution is 7.91. The van der Waals surface area contributed by atoms with Gasteiger partial charge in [0.15, 0.2) is 0 Å². The summed E-state index contributed by atoms with van der Waals surface area (Å²) >= 11 is 7.40. The van der Waals surface area contributed by atoms with Crippen LogP contribution in [0, 0.1) is 5.92 Å². The van der Waals surface area contributed by atoms with E-state index in [1.54, 1.807) is 25.1 Å². The lowest BCUT2D eigenvalue weighted by Gasteiger charge is -2.30. The normalized spacial score (nSPS) is 28.1. The number of halogens is 4. The number of nitrogens with zero attached hydrogens (tertiary/aromatic N) is 2. The second-order valence-electron chi connectivity index (χ2n) is 14.6. The molecule has 17 heteroatoms. The van der Waals surface area contributed by atoms with E-state index in [0.29, 0.717) is 47.8 Å². The fraction of sp³-hybridized carbons (Fsp3) is 0.500. The molecule has 5 atom stereocenters. The Labute approximate surface area is 313 Å². The Kier molecular flexibility index (Phi) is 9.94. The SMILES string of the molecule is CC1(S(=O)(=O)NC(=O)[C@@]23C[C@@H]2/C=C\CCCCC[C@H](Nc2cccc(C(F)(F)F)c2)C(=O)N2C[C@H](Oc4nc5ccc(Cl)cc5s4)C[C@H]2C(=O)N3)CC1. The summed E-state index contributed by atoms with van der Waals surface area (Å²) in [6.07, 6.45) is 2.37. The Balaban J connectivity index is 1.19. The smallest absolute Gasteiger partial charge is 0.416 e. The number of rotatable bonds is 7. The Morgan fingerprint density at radius 3 is 2.68 bits per heavy atom. The van der Waals surface area contributed by atoms with Crippen molar-refractivity contribution in [1.29, 1.82) is 0 Å². The van der Waals surface area contributed by atoms with Gasteiger partial charge < -0.3 is 20.3 Å². The number of anilines is 1. The molecule has 4 aliphatic rings. The van der Waals surface area contributed by atoms with Crippen LogP contribution in [0.3, 0.4) is 0 Å². The third-order valence-electron chi connectivity index (χ3n) is 10.6. The lowest BCUT2D eigenvalue weighted by atomic mass is 10.0. The van der Waals surface area contributed by atoms with Gasteiger partial charge in [-0.15, -0.1) is 0 Å². The zero-order valence-corrected chi connectivity index (χ0v) is 31.1. The molecule has 3 aromatic rings. The molecule has 7 rings (SSSR count). The van der Waals surface area contributed by atoms with Crippen molar-refractivity contribution in [1.82, 2.24) is 19.9 Å². The molecule has 0 radical (unpaired) electrons. The molecule has 1 aromatic heterocycles. The number of amides is 3. The number of hydrogen-bond donors (Lipinski definition) is 3. The van der Waals surface area contributed by atoms with Crippen LogP contribution in [0.4, 0.5) is 18.9 Å². The number of hydrogen-bond acceptors (Lipinski definition) is 9. The summed E-state index contributed by atoms with van der Waals surface area (Å²) in [5, 5.41) is 6.66. The molecule has 1 saturated heterocycles. The average molecular weight is 794 g/mol. The van der Waals surface area contributed by atoms with Crippen molar-refractivity contribution < 1.29 is 40.7 Å². The fourth-order valence-electron chi connectivity index (χ4n) is 7.00. The van der Waals surface area contributed by atoms with Gasteiger partial charge >= 0.3 is 6.18 Å². The van der Waals surface area contributed by atoms with E-state index in [-0.39, 0.29) is 31.5 Å². The molecule has 3 heterocycles. The van der Waals surface area contributed by atoms with E-state index >= 15 is 0 Å². The second-order valence-corrected chi connectivity index (χ2v) is 18.2. The van der Waals surface area contributed by atoms with Crippen LogP contribution in [-0.4, -0.2) is 71.0 Å². The Morgan fingerprint density at radius 2 is 1.92 bits per heavy atom. The zero-order chi connectivity index (χ0) is 37.8. The van der Waals surface area contributed by atoms with Crippen molar-refractivity contribution in [2.45, 2.75) is 99.4 Å². The summed E-state index contributed by atoms with van der Waals surface area (Å²) in [5.74, 6) is -2.50. The maximum Gasteiger partial charge on any atom is 0.416 e. The van der Waals surface area contributed by atoms with Gasteiger partial charge in [0.25, 0.3) is 11.1 Å². The predicted molar refractivity (Wildman–Crippen MR) is 194 cm³/mol. The molecule has 3 fully saturated rings. The minimum absolute atomic E-state index is 0.0130. The Morgan fingerprint density at radius 1 is 1.13 bits per heavy atom. The quantitative estimate of drug-likeness (QED) is 0.240. The Bertz CT molecular complexity index is 2070. The summed E-state index contributed by atoms with van der Waals surface area (Å²) in [6, 6.07) is 7.65. The first-order valence-corrected chi connectivity index (χ1v) is 20.3. The highest BCUT2D eigenvalue weighted by Gasteiger charge is 2.63. The van der Waals surface area contributed by atoms with E-state index in [1.807, 2.05) is 12.2 Å². The number of fused-ring (bicyclic) bond motifs is 3. The molecule has 2 aliphatic heterocycles. The van der Waals surface area contributed by atoms with Gasteiger partial charge in [-0.3, -0.25) is 19.1 Å². The lowest BCUT2D eigenvalue weighted by Crippen LogP contribution is -2.58. The van der Waals surface area contributed by atoms with E-state index in [9.17, 15) is 36.0 Å². The minimum Gasteiger partial charge on any atom is -0.465 e. The monoisotopic (exact) mass is 793 g/mol. The standard InChI is InChI=1S/C36H39ClF3N5O6S2/c1-34(14-15-34)53(49,50)44-32(48)35-19-22(35)8-5-3-2-4-6-11-27(41-24-10-7-9-21(16-24)36(38,39)40)31(47)45-20-25(18-28(45)30(46)43-35)51-33-42-26-13-12-23(37)17-29(26)52-33/h5,7-10,12-13,16-17,22,25,27-28,41H,2-4,6,11,14-15,18-20H2,1H3,(H,43,46)(H,44,48)/b8-5-/t22-,25+,27-,28-,35+/m0/s1. The second kappa shape index (κ2) is 14.1. The van der Waals surface area contributed by atoms with Crippen LogP contribution < -0.4 is 20.1 Å². The van der Waals surface area contributed by atoms with E-state index < -0.39 is 73.9 Å². The molecule has 11 nitrogen and oxygen atoms in total. The highest BCUT2D eigenvalue weighted by Crippen LogP contribution is 2.47. The van der Waals surface area contributed by atoms with Crippen molar-refractivity contribution in [2.75, 3.05) is 11.9 Å². The number of carbonyl (C=O) groups excluding carboxylic acids is 3. The number of carbonyl (C=O) groups is 3. The van der Waals surface area contributed by atoms with Gasteiger partial charge in [0.1, 0.15) is 23.7 Å². The largest absolute Gasteiger partial charge is 0.465 e. The minimum atomic E-state index is -4.59. The number of thiazole rings is 1. The van der Waals surface area contributed by atoms with Gasteiger partial charge in [-0.25, -0.2) is 13.4 Å². The molecule has 284 valence electrons. The van der Waals surface area contributed by atoms with Crippen LogP contribution in [0.2, 0.25) is 5.02 Å². The molecular formula is C36H39ClF3N5O6S2. The zero-order valence-electron chi connectivity index (χ0n) is 28.7.